The van der Waals surface area contributed by atoms with Crippen molar-refractivity contribution in [3.8, 4) is 0 Å². The fourth-order valence-electron chi connectivity index (χ4n) is 2.96. The van der Waals surface area contributed by atoms with E-state index in [2.05, 4.69) is 15.3 Å². The summed E-state index contributed by atoms with van der Waals surface area (Å²) in [6.07, 6.45) is 1.74. The molecule has 1 saturated heterocycles. The summed E-state index contributed by atoms with van der Waals surface area (Å²) in [6, 6.07) is 9.53. The fourth-order valence-corrected chi connectivity index (χ4v) is 2.96. The molecular weight excluding hydrogens is 318 g/mol. The van der Waals surface area contributed by atoms with Gasteiger partial charge in [-0.15, -0.1) is 0 Å². The second-order valence-electron chi connectivity index (χ2n) is 6.31. The molecule has 2 heterocycles. The minimum absolute atomic E-state index is 0.138. The highest BCUT2D eigenvalue weighted by molar-refractivity contribution is 6.02. The van der Waals surface area contributed by atoms with E-state index in [9.17, 15) is 9.59 Å². The first kappa shape index (κ1) is 17.2. The lowest BCUT2D eigenvalue weighted by Gasteiger charge is -2.34. The third-order valence-corrected chi connectivity index (χ3v) is 4.35. The Morgan fingerprint density at radius 2 is 1.92 bits per heavy atom. The largest absolute Gasteiger partial charge is 0.340 e. The van der Waals surface area contributed by atoms with E-state index in [1.165, 1.54) is 0 Å². The highest BCUT2D eigenvalue weighted by atomic mass is 16.2. The Hall–Kier alpha value is -2.67. The number of nitrogens with zero attached hydrogens (tertiary/aromatic N) is 4. The van der Waals surface area contributed by atoms with Gasteiger partial charge in [0, 0.05) is 58.6 Å². The summed E-state index contributed by atoms with van der Waals surface area (Å²) in [5.74, 6) is -0.0771. The normalized spacial score (nSPS) is 15.2. The fraction of sp³-hybridized carbons (Fsp3) is 0.389. The number of aryl methyl sites for hydroxylation is 1. The Labute approximate surface area is 147 Å². The van der Waals surface area contributed by atoms with Crippen LogP contribution in [0, 0.1) is 0 Å². The Bertz CT molecular complexity index is 762. The molecule has 1 aromatic carbocycles. The van der Waals surface area contributed by atoms with Crippen molar-refractivity contribution in [2.24, 2.45) is 7.05 Å². The van der Waals surface area contributed by atoms with Crippen LogP contribution in [0.1, 0.15) is 23.0 Å². The van der Waals surface area contributed by atoms with Crippen LogP contribution in [0.3, 0.4) is 0 Å². The number of rotatable bonds is 4. The summed E-state index contributed by atoms with van der Waals surface area (Å²) >= 11 is 0. The molecular formula is C18H23N5O2. The molecule has 3 rings (SSSR count). The van der Waals surface area contributed by atoms with Crippen LogP contribution in [0.4, 0.5) is 5.69 Å². The molecule has 1 aliphatic rings. The van der Waals surface area contributed by atoms with Gasteiger partial charge in [-0.2, -0.15) is 5.10 Å². The lowest BCUT2D eigenvalue weighted by Crippen LogP contribution is -2.47. The van der Waals surface area contributed by atoms with E-state index < -0.39 is 0 Å². The minimum Gasteiger partial charge on any atom is -0.340 e. The number of carbonyl (C=O) groups is 2. The van der Waals surface area contributed by atoms with Crippen LogP contribution >= 0.6 is 0 Å². The molecule has 0 saturated carbocycles. The van der Waals surface area contributed by atoms with Crippen LogP contribution in [-0.4, -0.2) is 57.6 Å². The van der Waals surface area contributed by atoms with Crippen molar-refractivity contribution in [3.63, 3.8) is 0 Å². The molecule has 7 nitrogen and oxygen atoms in total. The second-order valence-corrected chi connectivity index (χ2v) is 6.31. The number of amides is 2. The van der Waals surface area contributed by atoms with Crippen molar-refractivity contribution in [3.05, 3.63) is 47.8 Å². The van der Waals surface area contributed by atoms with Crippen molar-refractivity contribution >= 4 is 17.5 Å². The van der Waals surface area contributed by atoms with Gasteiger partial charge in [-0.25, -0.2) is 0 Å². The average Bonchev–Trinajstić information content (AvgIpc) is 3.02. The molecule has 1 N–H and O–H groups in total. The number of anilines is 1. The van der Waals surface area contributed by atoms with Crippen molar-refractivity contribution in [2.75, 3.05) is 31.5 Å². The molecule has 0 atom stereocenters. The van der Waals surface area contributed by atoms with E-state index in [4.69, 9.17) is 0 Å². The number of benzene rings is 1. The van der Waals surface area contributed by atoms with Crippen molar-refractivity contribution in [2.45, 2.75) is 13.5 Å². The van der Waals surface area contributed by atoms with Crippen LogP contribution in [0.25, 0.3) is 0 Å². The predicted molar refractivity (Wildman–Crippen MR) is 95.1 cm³/mol. The topological polar surface area (TPSA) is 70.5 Å². The Morgan fingerprint density at radius 3 is 2.56 bits per heavy atom. The summed E-state index contributed by atoms with van der Waals surface area (Å²) < 4.78 is 1.60. The second kappa shape index (κ2) is 7.48. The van der Waals surface area contributed by atoms with Gasteiger partial charge in [0.2, 0.25) is 5.91 Å². The third-order valence-electron chi connectivity index (χ3n) is 4.35. The summed E-state index contributed by atoms with van der Waals surface area (Å²) in [4.78, 5) is 27.8. The highest BCUT2D eigenvalue weighted by Crippen LogP contribution is 2.15. The molecule has 0 aliphatic carbocycles. The van der Waals surface area contributed by atoms with Gasteiger partial charge in [-0.05, 0) is 23.8 Å². The lowest BCUT2D eigenvalue weighted by atomic mass is 10.1. The third kappa shape index (κ3) is 4.45. The van der Waals surface area contributed by atoms with Gasteiger partial charge in [0.25, 0.3) is 5.91 Å². The molecule has 2 aromatic rings. The molecule has 0 radical (unpaired) electrons. The number of hydrogen-bond acceptors (Lipinski definition) is 4. The highest BCUT2D eigenvalue weighted by Gasteiger charge is 2.18. The number of nitrogens with one attached hydrogen (secondary N) is 1. The Kier molecular flexibility index (Phi) is 5.14. The number of aromatic nitrogens is 2. The van der Waals surface area contributed by atoms with Gasteiger partial charge >= 0.3 is 0 Å². The van der Waals surface area contributed by atoms with E-state index >= 15 is 0 Å². The maximum absolute atomic E-state index is 12.2. The van der Waals surface area contributed by atoms with E-state index in [-0.39, 0.29) is 11.8 Å². The number of piperazine rings is 1. The molecule has 1 aliphatic heterocycles. The van der Waals surface area contributed by atoms with Gasteiger partial charge < -0.3 is 10.2 Å². The van der Waals surface area contributed by atoms with Gasteiger partial charge in [-0.1, -0.05) is 12.1 Å². The van der Waals surface area contributed by atoms with Crippen LogP contribution in [0.2, 0.25) is 0 Å². The molecule has 7 heteroatoms. The summed E-state index contributed by atoms with van der Waals surface area (Å²) in [6.45, 7) is 5.69. The number of hydrogen-bond donors (Lipinski definition) is 1. The van der Waals surface area contributed by atoms with Gasteiger partial charge in [0.15, 0.2) is 5.69 Å². The number of carbonyl (C=O) groups excluding carboxylic acids is 2. The van der Waals surface area contributed by atoms with Gasteiger partial charge in [0.1, 0.15) is 0 Å². The molecule has 132 valence electrons. The SMILES string of the molecule is CC(=O)N1CCN(Cc2cccc(NC(=O)c3ccn(C)n3)c2)CC1. The standard InChI is InChI=1S/C18H23N5O2/c1-14(24)23-10-8-22(9-11-23)13-15-4-3-5-16(12-15)19-18(25)17-6-7-21(2)20-17/h3-7,12H,8-11,13H2,1-2H3,(H,19,25). The Balaban J connectivity index is 1.58. The van der Waals surface area contributed by atoms with Crippen molar-refractivity contribution < 1.29 is 9.59 Å². The van der Waals surface area contributed by atoms with Crippen LogP contribution in [0.5, 0.6) is 0 Å². The maximum Gasteiger partial charge on any atom is 0.276 e. The lowest BCUT2D eigenvalue weighted by molar-refractivity contribution is -0.130. The zero-order valence-corrected chi connectivity index (χ0v) is 14.6. The first-order chi connectivity index (χ1) is 12.0. The van der Waals surface area contributed by atoms with E-state index in [1.807, 2.05) is 29.2 Å². The molecule has 0 spiro atoms. The smallest absolute Gasteiger partial charge is 0.276 e. The van der Waals surface area contributed by atoms with Crippen LogP contribution in [0.15, 0.2) is 36.5 Å². The van der Waals surface area contributed by atoms with E-state index in [0.717, 1.165) is 44.0 Å². The summed E-state index contributed by atoms with van der Waals surface area (Å²) in [5.41, 5.74) is 2.29. The predicted octanol–water partition coefficient (Wildman–Crippen LogP) is 1.34. The molecule has 2 amide bonds. The van der Waals surface area contributed by atoms with Crippen molar-refractivity contribution in [1.29, 1.82) is 0 Å². The van der Waals surface area contributed by atoms with Gasteiger partial charge in [0.05, 0.1) is 0 Å². The molecule has 1 fully saturated rings. The first-order valence-electron chi connectivity index (χ1n) is 8.39. The van der Waals surface area contributed by atoms with Gasteiger partial charge in [-0.3, -0.25) is 19.2 Å². The van der Waals surface area contributed by atoms with Crippen molar-refractivity contribution in [1.82, 2.24) is 19.6 Å². The monoisotopic (exact) mass is 341 g/mol. The molecule has 1 aromatic heterocycles. The molecule has 0 unspecified atom stereocenters. The van der Waals surface area contributed by atoms with E-state index in [1.54, 1.807) is 30.9 Å². The average molecular weight is 341 g/mol. The summed E-state index contributed by atoms with van der Waals surface area (Å²) in [7, 11) is 1.78. The molecule has 0 bridgehead atoms. The zero-order valence-electron chi connectivity index (χ0n) is 14.6. The van der Waals surface area contributed by atoms with E-state index in [0.29, 0.717) is 5.69 Å². The summed E-state index contributed by atoms with van der Waals surface area (Å²) in [5, 5.41) is 6.99. The maximum atomic E-state index is 12.2. The minimum atomic E-state index is -0.215. The zero-order chi connectivity index (χ0) is 17.8. The first-order valence-corrected chi connectivity index (χ1v) is 8.39. The van der Waals surface area contributed by atoms with Crippen LogP contribution < -0.4 is 5.32 Å². The Morgan fingerprint density at radius 1 is 1.16 bits per heavy atom. The van der Waals surface area contributed by atoms with Crippen LogP contribution in [-0.2, 0) is 18.4 Å². The molecule has 25 heavy (non-hydrogen) atoms. The quantitative estimate of drug-likeness (QED) is 0.911.